The molecular weight excluding hydrogens is 248 g/mol. The molecule has 1 aromatic carbocycles. The highest BCUT2D eigenvalue weighted by molar-refractivity contribution is 5.38. The predicted octanol–water partition coefficient (Wildman–Crippen LogP) is 4.13. The zero-order valence-electron chi connectivity index (χ0n) is 12.6. The molecule has 3 nitrogen and oxygen atoms in total. The van der Waals surface area contributed by atoms with Crippen LogP contribution in [-0.4, -0.2) is 12.0 Å². The number of aryl methyl sites for hydroxylation is 1. The Morgan fingerprint density at radius 3 is 2.70 bits per heavy atom. The quantitative estimate of drug-likeness (QED) is 0.887. The summed E-state index contributed by atoms with van der Waals surface area (Å²) < 4.78 is 5.92. The first-order chi connectivity index (χ1) is 9.60. The highest BCUT2D eigenvalue weighted by atomic mass is 16.5. The van der Waals surface area contributed by atoms with Crippen LogP contribution in [0, 0.1) is 6.92 Å². The Morgan fingerprint density at radius 2 is 2.00 bits per heavy atom. The molecule has 1 aromatic heterocycles. The topological polar surface area (TPSA) is 34.1 Å². The first-order valence-corrected chi connectivity index (χ1v) is 6.97. The molecule has 0 amide bonds. The Labute approximate surface area is 121 Å². The zero-order chi connectivity index (χ0) is 14.5. The van der Waals surface area contributed by atoms with Gasteiger partial charge >= 0.3 is 0 Å². The number of anilines is 1. The molecule has 1 N–H and O–H groups in total. The first kappa shape index (κ1) is 14.4. The molecule has 3 heteroatoms. The van der Waals surface area contributed by atoms with Gasteiger partial charge in [-0.3, -0.25) is 0 Å². The standard InChI is InChI=1S/C17H22N2O/c1-12(2)14-9-8-13(3)16(10-14)20-11-15-6-5-7-17(18-4)19-15/h5-10,12H,11H2,1-4H3,(H,18,19). The number of aromatic nitrogens is 1. The Kier molecular flexibility index (Phi) is 4.61. The van der Waals surface area contributed by atoms with Crippen LogP contribution in [0.25, 0.3) is 0 Å². The summed E-state index contributed by atoms with van der Waals surface area (Å²) in [7, 11) is 1.86. The average molecular weight is 270 g/mol. The third-order valence-corrected chi connectivity index (χ3v) is 3.32. The van der Waals surface area contributed by atoms with Gasteiger partial charge in [0.2, 0.25) is 0 Å². The second-order valence-electron chi connectivity index (χ2n) is 5.23. The second kappa shape index (κ2) is 6.42. The number of hydrogen-bond acceptors (Lipinski definition) is 3. The maximum Gasteiger partial charge on any atom is 0.130 e. The lowest BCUT2D eigenvalue weighted by Crippen LogP contribution is -2.02. The minimum Gasteiger partial charge on any atom is -0.487 e. The number of nitrogens with one attached hydrogen (secondary N) is 1. The largest absolute Gasteiger partial charge is 0.487 e. The van der Waals surface area contributed by atoms with Crippen molar-refractivity contribution in [3.63, 3.8) is 0 Å². The SMILES string of the molecule is CNc1cccc(COc2cc(C(C)C)ccc2C)n1. The lowest BCUT2D eigenvalue weighted by Gasteiger charge is -2.13. The van der Waals surface area contributed by atoms with Crippen molar-refractivity contribution < 1.29 is 4.74 Å². The number of rotatable bonds is 5. The van der Waals surface area contributed by atoms with Crippen molar-refractivity contribution >= 4 is 5.82 Å². The van der Waals surface area contributed by atoms with Gasteiger partial charge in [0.1, 0.15) is 18.2 Å². The molecular formula is C17H22N2O. The first-order valence-electron chi connectivity index (χ1n) is 6.97. The summed E-state index contributed by atoms with van der Waals surface area (Å²) in [6.45, 7) is 6.92. The van der Waals surface area contributed by atoms with Gasteiger partial charge in [-0.1, -0.05) is 32.0 Å². The van der Waals surface area contributed by atoms with E-state index in [-0.39, 0.29) is 0 Å². The monoisotopic (exact) mass is 270 g/mol. The summed E-state index contributed by atoms with van der Waals surface area (Å²) >= 11 is 0. The molecule has 0 bridgehead atoms. The van der Waals surface area contributed by atoms with Gasteiger partial charge in [0, 0.05) is 7.05 Å². The molecule has 0 fully saturated rings. The van der Waals surface area contributed by atoms with Gasteiger partial charge in [-0.2, -0.15) is 0 Å². The van der Waals surface area contributed by atoms with Gasteiger partial charge in [0.15, 0.2) is 0 Å². The van der Waals surface area contributed by atoms with Crippen molar-refractivity contribution in [2.45, 2.75) is 33.3 Å². The molecule has 0 unspecified atom stereocenters. The van der Waals surface area contributed by atoms with Crippen LogP contribution in [0.1, 0.15) is 36.6 Å². The number of benzene rings is 1. The van der Waals surface area contributed by atoms with Crippen LogP contribution in [-0.2, 0) is 6.61 Å². The fourth-order valence-electron chi connectivity index (χ4n) is 1.98. The molecule has 0 saturated carbocycles. The molecule has 2 aromatic rings. The Bertz CT molecular complexity index is 579. The highest BCUT2D eigenvalue weighted by Crippen LogP contribution is 2.25. The summed E-state index contributed by atoms with van der Waals surface area (Å²) in [6, 6.07) is 12.3. The van der Waals surface area contributed by atoms with E-state index >= 15 is 0 Å². The third kappa shape index (κ3) is 3.50. The maximum absolute atomic E-state index is 5.92. The number of hydrogen-bond donors (Lipinski definition) is 1. The van der Waals surface area contributed by atoms with Crippen molar-refractivity contribution in [3.8, 4) is 5.75 Å². The molecule has 0 saturated heterocycles. The summed E-state index contributed by atoms with van der Waals surface area (Å²) in [5, 5.41) is 3.03. The molecule has 0 aliphatic rings. The van der Waals surface area contributed by atoms with Crippen molar-refractivity contribution in [3.05, 3.63) is 53.2 Å². The van der Waals surface area contributed by atoms with Crippen LogP contribution in [0.3, 0.4) is 0 Å². The van der Waals surface area contributed by atoms with Crippen LogP contribution in [0.4, 0.5) is 5.82 Å². The van der Waals surface area contributed by atoms with Gasteiger partial charge in [0.05, 0.1) is 5.69 Å². The van der Waals surface area contributed by atoms with E-state index < -0.39 is 0 Å². The van der Waals surface area contributed by atoms with Gasteiger partial charge in [0.25, 0.3) is 0 Å². The van der Waals surface area contributed by atoms with Gasteiger partial charge in [-0.05, 0) is 42.2 Å². The smallest absolute Gasteiger partial charge is 0.130 e. The molecule has 2 rings (SSSR count). The molecule has 0 aliphatic carbocycles. The van der Waals surface area contributed by atoms with Crippen molar-refractivity contribution in [2.75, 3.05) is 12.4 Å². The van der Waals surface area contributed by atoms with Gasteiger partial charge in [-0.15, -0.1) is 0 Å². The Hall–Kier alpha value is -2.03. The fraction of sp³-hybridized carbons (Fsp3) is 0.353. The van der Waals surface area contributed by atoms with E-state index in [1.165, 1.54) is 5.56 Å². The number of pyridine rings is 1. The maximum atomic E-state index is 5.92. The van der Waals surface area contributed by atoms with Crippen molar-refractivity contribution in [2.24, 2.45) is 0 Å². The van der Waals surface area contributed by atoms with E-state index in [4.69, 9.17) is 4.74 Å². The Morgan fingerprint density at radius 1 is 1.20 bits per heavy atom. The second-order valence-corrected chi connectivity index (χ2v) is 5.23. The van der Waals surface area contributed by atoms with Crippen LogP contribution >= 0.6 is 0 Å². The summed E-state index contributed by atoms with van der Waals surface area (Å²) in [5.74, 6) is 2.30. The van der Waals surface area contributed by atoms with E-state index in [9.17, 15) is 0 Å². The number of ether oxygens (including phenoxy) is 1. The molecule has 0 aliphatic heterocycles. The van der Waals surface area contributed by atoms with E-state index in [1.54, 1.807) is 0 Å². The van der Waals surface area contributed by atoms with Crippen LogP contribution < -0.4 is 10.1 Å². The normalized spacial score (nSPS) is 10.7. The Balaban J connectivity index is 2.11. The zero-order valence-corrected chi connectivity index (χ0v) is 12.6. The van der Waals surface area contributed by atoms with Crippen LogP contribution in [0.15, 0.2) is 36.4 Å². The van der Waals surface area contributed by atoms with Crippen molar-refractivity contribution in [1.82, 2.24) is 4.98 Å². The lowest BCUT2D eigenvalue weighted by atomic mass is 10.0. The van der Waals surface area contributed by atoms with Gasteiger partial charge < -0.3 is 10.1 Å². The third-order valence-electron chi connectivity index (χ3n) is 3.32. The highest BCUT2D eigenvalue weighted by Gasteiger charge is 2.05. The van der Waals surface area contributed by atoms with E-state index in [0.29, 0.717) is 12.5 Å². The minimum absolute atomic E-state index is 0.484. The molecule has 106 valence electrons. The molecule has 0 spiro atoms. The molecule has 0 radical (unpaired) electrons. The minimum atomic E-state index is 0.484. The summed E-state index contributed by atoms with van der Waals surface area (Å²) in [5.41, 5.74) is 3.37. The molecule has 1 heterocycles. The van der Waals surface area contributed by atoms with Crippen LogP contribution in [0.2, 0.25) is 0 Å². The molecule has 0 atom stereocenters. The van der Waals surface area contributed by atoms with Crippen molar-refractivity contribution in [1.29, 1.82) is 0 Å². The summed E-state index contributed by atoms with van der Waals surface area (Å²) in [4.78, 5) is 4.46. The van der Waals surface area contributed by atoms with E-state index in [0.717, 1.165) is 22.8 Å². The van der Waals surface area contributed by atoms with E-state index in [2.05, 4.69) is 49.3 Å². The summed E-state index contributed by atoms with van der Waals surface area (Å²) in [6.07, 6.45) is 0. The number of nitrogens with zero attached hydrogens (tertiary/aromatic N) is 1. The van der Waals surface area contributed by atoms with Crippen LogP contribution in [0.5, 0.6) is 5.75 Å². The predicted molar refractivity (Wildman–Crippen MR) is 83.4 cm³/mol. The van der Waals surface area contributed by atoms with E-state index in [1.807, 2.05) is 25.2 Å². The average Bonchev–Trinajstić information content (AvgIpc) is 2.46. The lowest BCUT2D eigenvalue weighted by molar-refractivity contribution is 0.299. The fourth-order valence-corrected chi connectivity index (χ4v) is 1.98. The van der Waals surface area contributed by atoms with Gasteiger partial charge in [-0.25, -0.2) is 4.98 Å². The molecule has 20 heavy (non-hydrogen) atoms.